The second-order valence-corrected chi connectivity index (χ2v) is 7.29. The number of rotatable bonds is 5. The smallest absolute Gasteiger partial charge is 0.313 e. The highest BCUT2D eigenvalue weighted by molar-refractivity contribution is 5.75. The van der Waals surface area contributed by atoms with Crippen molar-refractivity contribution in [3.05, 3.63) is 23.2 Å². The summed E-state index contributed by atoms with van der Waals surface area (Å²) in [7, 11) is 0. The Morgan fingerprint density at radius 2 is 2.18 bits per heavy atom. The van der Waals surface area contributed by atoms with Crippen molar-refractivity contribution in [3.63, 3.8) is 0 Å². The zero-order chi connectivity index (χ0) is 16.4. The van der Waals surface area contributed by atoms with Crippen molar-refractivity contribution in [2.24, 2.45) is 5.41 Å². The van der Waals surface area contributed by atoms with Crippen LogP contribution < -0.4 is 5.32 Å². The van der Waals surface area contributed by atoms with Crippen LogP contribution in [-0.2, 0) is 21.5 Å². The highest BCUT2D eigenvalue weighted by Gasteiger charge is 2.40. The van der Waals surface area contributed by atoms with Crippen molar-refractivity contribution in [2.75, 3.05) is 19.8 Å². The predicted octanol–water partition coefficient (Wildman–Crippen LogP) is 2.86. The van der Waals surface area contributed by atoms with Crippen LogP contribution >= 0.6 is 0 Å². The van der Waals surface area contributed by atoms with E-state index < -0.39 is 11.4 Å². The van der Waals surface area contributed by atoms with Gasteiger partial charge in [0.25, 0.3) is 0 Å². The maximum atomic E-state index is 11.6. The number of hydrogen-bond acceptors (Lipinski definition) is 4. The van der Waals surface area contributed by atoms with Crippen molar-refractivity contribution in [2.45, 2.75) is 52.5 Å². The van der Waals surface area contributed by atoms with Gasteiger partial charge in [0.15, 0.2) is 0 Å². The third kappa shape index (κ3) is 3.70. The minimum Gasteiger partial charge on any atom is -0.481 e. The highest BCUT2D eigenvalue weighted by atomic mass is 16.5. The predicted molar refractivity (Wildman–Crippen MR) is 84.0 cm³/mol. The molecule has 0 aromatic carbocycles. The van der Waals surface area contributed by atoms with Gasteiger partial charge in [-0.15, -0.1) is 0 Å². The van der Waals surface area contributed by atoms with E-state index in [1.165, 1.54) is 0 Å². The number of ether oxygens (including phenoxy) is 1. The minimum atomic E-state index is -0.803. The van der Waals surface area contributed by atoms with Gasteiger partial charge >= 0.3 is 5.97 Å². The first-order valence-corrected chi connectivity index (χ1v) is 7.86. The van der Waals surface area contributed by atoms with E-state index in [0.717, 1.165) is 23.5 Å². The van der Waals surface area contributed by atoms with Crippen LogP contribution in [0.15, 0.2) is 10.5 Å². The summed E-state index contributed by atoms with van der Waals surface area (Å²) < 4.78 is 11.2. The summed E-state index contributed by atoms with van der Waals surface area (Å²) in [6, 6.07) is 2.06. The number of aliphatic carboxylic acids is 1. The van der Waals surface area contributed by atoms with Gasteiger partial charge in [0, 0.05) is 30.7 Å². The maximum absolute atomic E-state index is 11.6. The molecule has 1 atom stereocenters. The second kappa shape index (κ2) is 6.42. The summed E-state index contributed by atoms with van der Waals surface area (Å²) in [5.74, 6) is 1.07. The van der Waals surface area contributed by atoms with Crippen molar-refractivity contribution in [1.82, 2.24) is 5.32 Å². The van der Waals surface area contributed by atoms with Crippen LogP contribution in [0.25, 0.3) is 0 Å². The molecule has 5 nitrogen and oxygen atoms in total. The first-order chi connectivity index (χ1) is 10.2. The number of carboxylic acids is 1. The molecule has 1 aromatic rings. The topological polar surface area (TPSA) is 71.7 Å². The van der Waals surface area contributed by atoms with Gasteiger partial charge in [-0.05, 0) is 25.8 Å². The van der Waals surface area contributed by atoms with E-state index in [1.54, 1.807) is 0 Å². The van der Waals surface area contributed by atoms with E-state index in [-0.39, 0.29) is 12.0 Å². The molecule has 0 radical (unpaired) electrons. The van der Waals surface area contributed by atoms with Crippen LogP contribution in [0, 0.1) is 12.3 Å². The molecule has 2 N–H and O–H groups in total. The molecule has 2 rings (SSSR count). The van der Waals surface area contributed by atoms with Crippen molar-refractivity contribution >= 4 is 5.97 Å². The molecule has 0 bridgehead atoms. The van der Waals surface area contributed by atoms with Crippen LogP contribution in [-0.4, -0.2) is 30.8 Å². The summed E-state index contributed by atoms with van der Waals surface area (Å²) >= 11 is 0. The number of hydrogen-bond donors (Lipinski definition) is 2. The Morgan fingerprint density at radius 3 is 2.68 bits per heavy atom. The number of nitrogens with one attached hydrogen (secondary N) is 1. The largest absolute Gasteiger partial charge is 0.481 e. The summed E-state index contributed by atoms with van der Waals surface area (Å²) in [6.45, 7) is 10.3. The maximum Gasteiger partial charge on any atom is 0.313 e. The number of furan rings is 1. The van der Waals surface area contributed by atoms with Crippen molar-refractivity contribution in [3.8, 4) is 0 Å². The lowest BCUT2D eigenvalue weighted by molar-refractivity contribution is -0.156. The Balaban J connectivity index is 1.98. The Labute approximate surface area is 132 Å². The molecule has 22 heavy (non-hydrogen) atoms. The van der Waals surface area contributed by atoms with Gasteiger partial charge in [0.05, 0.1) is 6.61 Å². The molecular formula is C17H27NO4. The molecule has 0 spiro atoms. The van der Waals surface area contributed by atoms with E-state index in [0.29, 0.717) is 26.1 Å². The molecule has 0 saturated carbocycles. The van der Waals surface area contributed by atoms with Gasteiger partial charge < -0.3 is 19.6 Å². The molecule has 1 fully saturated rings. The fraction of sp³-hybridized carbons (Fsp3) is 0.706. The van der Waals surface area contributed by atoms with Gasteiger partial charge in [-0.25, -0.2) is 0 Å². The lowest BCUT2D eigenvalue weighted by atomic mass is 9.82. The molecule has 1 aliphatic heterocycles. The summed E-state index contributed by atoms with van der Waals surface area (Å²) in [5.41, 5.74) is 0.257. The van der Waals surface area contributed by atoms with E-state index in [2.05, 4.69) is 32.2 Å². The van der Waals surface area contributed by atoms with Crippen molar-refractivity contribution < 1.29 is 19.1 Å². The molecule has 1 aromatic heterocycles. The Morgan fingerprint density at radius 1 is 1.45 bits per heavy atom. The van der Waals surface area contributed by atoms with Crippen LogP contribution in [0.5, 0.6) is 0 Å². The first-order valence-electron chi connectivity index (χ1n) is 7.86. The molecule has 2 heterocycles. The molecule has 1 aliphatic rings. The Bertz CT molecular complexity index is 521. The van der Waals surface area contributed by atoms with Crippen LogP contribution in [0.2, 0.25) is 0 Å². The van der Waals surface area contributed by atoms with Gasteiger partial charge in [0.2, 0.25) is 0 Å². The zero-order valence-electron chi connectivity index (χ0n) is 14.0. The molecular weight excluding hydrogens is 282 g/mol. The molecule has 0 amide bonds. The third-order valence-electron chi connectivity index (χ3n) is 4.31. The lowest BCUT2D eigenvalue weighted by Gasteiger charge is -2.33. The minimum absolute atomic E-state index is 0.0253. The van der Waals surface area contributed by atoms with Gasteiger partial charge in [0.1, 0.15) is 16.9 Å². The third-order valence-corrected chi connectivity index (χ3v) is 4.31. The number of carbonyl (C=O) groups is 1. The van der Waals surface area contributed by atoms with Crippen LogP contribution in [0.1, 0.15) is 50.7 Å². The second-order valence-electron chi connectivity index (χ2n) is 7.29. The molecule has 1 saturated heterocycles. The van der Waals surface area contributed by atoms with Gasteiger partial charge in [-0.2, -0.15) is 0 Å². The molecule has 0 aliphatic carbocycles. The van der Waals surface area contributed by atoms with Crippen LogP contribution in [0.4, 0.5) is 0 Å². The average molecular weight is 309 g/mol. The SMILES string of the molecule is Cc1oc(C(C)(C)C)cc1CNCC1(C(=O)O)CCCOC1. The molecule has 5 heteroatoms. The van der Waals surface area contributed by atoms with E-state index in [9.17, 15) is 9.90 Å². The molecule has 124 valence electrons. The summed E-state index contributed by atoms with van der Waals surface area (Å²) in [4.78, 5) is 11.6. The normalized spacial score (nSPS) is 22.7. The van der Waals surface area contributed by atoms with Gasteiger partial charge in [-0.3, -0.25) is 4.79 Å². The quantitative estimate of drug-likeness (QED) is 0.875. The van der Waals surface area contributed by atoms with Crippen molar-refractivity contribution in [1.29, 1.82) is 0 Å². The monoisotopic (exact) mass is 309 g/mol. The fourth-order valence-corrected chi connectivity index (χ4v) is 2.74. The zero-order valence-corrected chi connectivity index (χ0v) is 14.0. The Hall–Kier alpha value is -1.33. The number of carboxylic acid groups (broad SMARTS) is 1. The molecule has 1 unspecified atom stereocenters. The van der Waals surface area contributed by atoms with Gasteiger partial charge in [-0.1, -0.05) is 20.8 Å². The standard InChI is InChI=1S/C17H27NO4/c1-12-13(8-14(22-12)16(2,3)4)9-18-10-17(15(19)20)6-5-7-21-11-17/h8,18H,5-7,9-11H2,1-4H3,(H,19,20). The fourth-order valence-electron chi connectivity index (χ4n) is 2.74. The average Bonchev–Trinajstić information content (AvgIpc) is 2.81. The first kappa shape index (κ1) is 17.0. The van der Waals surface area contributed by atoms with E-state index in [1.807, 2.05) is 6.92 Å². The lowest BCUT2D eigenvalue weighted by Crippen LogP contribution is -2.46. The van der Waals surface area contributed by atoms with E-state index in [4.69, 9.17) is 9.15 Å². The highest BCUT2D eigenvalue weighted by Crippen LogP contribution is 2.29. The van der Waals surface area contributed by atoms with Crippen LogP contribution in [0.3, 0.4) is 0 Å². The van der Waals surface area contributed by atoms with E-state index >= 15 is 0 Å². The number of aryl methyl sites for hydroxylation is 1. The summed E-state index contributed by atoms with van der Waals surface area (Å²) in [6.07, 6.45) is 1.46. The summed E-state index contributed by atoms with van der Waals surface area (Å²) in [5, 5.41) is 12.8. The Kier molecular flexibility index (Phi) is 4.97.